The summed E-state index contributed by atoms with van der Waals surface area (Å²) in [6, 6.07) is 10.8. The van der Waals surface area contributed by atoms with Crippen molar-refractivity contribution in [2.24, 2.45) is 0 Å². The van der Waals surface area contributed by atoms with Gasteiger partial charge in [0.2, 0.25) is 15.9 Å². The molecule has 0 radical (unpaired) electrons. The highest BCUT2D eigenvalue weighted by atomic mass is 32.2. The summed E-state index contributed by atoms with van der Waals surface area (Å²) in [6.45, 7) is 3.10. The summed E-state index contributed by atoms with van der Waals surface area (Å²) in [4.78, 5) is 22.7. The first-order valence-electron chi connectivity index (χ1n) is 9.68. The van der Waals surface area contributed by atoms with E-state index in [2.05, 4.69) is 9.97 Å². The molecule has 0 bridgehead atoms. The summed E-state index contributed by atoms with van der Waals surface area (Å²) in [5.41, 5.74) is 2.29. The maximum absolute atomic E-state index is 13.2. The van der Waals surface area contributed by atoms with Crippen molar-refractivity contribution in [1.29, 1.82) is 0 Å². The molecule has 1 aliphatic rings. The lowest BCUT2D eigenvalue weighted by Gasteiger charge is -2.33. The van der Waals surface area contributed by atoms with E-state index in [1.807, 2.05) is 25.1 Å². The number of aromatic nitrogens is 2. The summed E-state index contributed by atoms with van der Waals surface area (Å²) in [5.74, 6) is -0.141. The third kappa shape index (κ3) is 4.10. The van der Waals surface area contributed by atoms with Crippen molar-refractivity contribution in [3.63, 3.8) is 0 Å². The van der Waals surface area contributed by atoms with E-state index in [1.165, 1.54) is 10.4 Å². The molecule has 8 heteroatoms. The van der Waals surface area contributed by atoms with Crippen LogP contribution in [0.4, 0.5) is 0 Å². The molecule has 3 aromatic rings. The molecule has 154 valence electrons. The first-order chi connectivity index (χ1) is 14.4. The molecule has 3 heterocycles. The van der Waals surface area contributed by atoms with Crippen LogP contribution < -0.4 is 0 Å². The molecular weight excluding hydrogens is 400 g/mol. The Morgan fingerprint density at radius 1 is 1.07 bits per heavy atom. The molecule has 1 aliphatic heterocycles. The molecule has 1 fully saturated rings. The average Bonchev–Trinajstić information content (AvgIpc) is 2.77. The monoisotopic (exact) mass is 422 g/mol. The van der Waals surface area contributed by atoms with E-state index < -0.39 is 10.0 Å². The maximum atomic E-state index is 13.2. The number of benzene rings is 1. The summed E-state index contributed by atoms with van der Waals surface area (Å²) >= 11 is 0. The minimum absolute atomic E-state index is 0.141. The summed E-state index contributed by atoms with van der Waals surface area (Å²) in [5, 5.41) is 0.797. The van der Waals surface area contributed by atoms with E-state index in [1.54, 1.807) is 47.8 Å². The van der Waals surface area contributed by atoms with Gasteiger partial charge in [0, 0.05) is 56.2 Å². The van der Waals surface area contributed by atoms with Crippen LogP contribution in [-0.2, 0) is 14.8 Å². The van der Waals surface area contributed by atoms with Crippen molar-refractivity contribution < 1.29 is 13.2 Å². The molecular formula is C22H22N4O3S. The average molecular weight is 423 g/mol. The fraction of sp³-hybridized carbons (Fsp3) is 0.227. The number of carbonyl (C=O) groups is 1. The lowest BCUT2D eigenvalue weighted by molar-refractivity contribution is -0.127. The summed E-state index contributed by atoms with van der Waals surface area (Å²) < 4.78 is 27.9. The third-order valence-electron chi connectivity index (χ3n) is 5.08. The van der Waals surface area contributed by atoms with E-state index in [0.717, 1.165) is 16.5 Å². The van der Waals surface area contributed by atoms with Crippen LogP contribution in [0.2, 0.25) is 0 Å². The van der Waals surface area contributed by atoms with Crippen LogP contribution >= 0.6 is 0 Å². The number of amides is 1. The van der Waals surface area contributed by atoms with Gasteiger partial charge < -0.3 is 4.90 Å². The second kappa shape index (κ2) is 8.33. The van der Waals surface area contributed by atoms with Gasteiger partial charge in [-0.1, -0.05) is 18.2 Å². The van der Waals surface area contributed by atoms with Gasteiger partial charge in [-0.3, -0.25) is 14.8 Å². The van der Waals surface area contributed by atoms with E-state index in [0.29, 0.717) is 18.6 Å². The second-order valence-corrected chi connectivity index (χ2v) is 9.10. The Hall–Kier alpha value is -3.10. The Labute approximate surface area is 175 Å². The van der Waals surface area contributed by atoms with E-state index in [4.69, 9.17) is 0 Å². The molecule has 4 rings (SSSR count). The van der Waals surface area contributed by atoms with Crippen LogP contribution in [-0.4, -0.2) is 59.7 Å². The predicted octanol–water partition coefficient (Wildman–Crippen LogP) is 2.48. The van der Waals surface area contributed by atoms with Crippen molar-refractivity contribution in [3.8, 4) is 0 Å². The number of fused-ring (bicyclic) bond motifs is 1. The zero-order valence-corrected chi connectivity index (χ0v) is 17.4. The molecule has 0 atom stereocenters. The third-order valence-corrected chi connectivity index (χ3v) is 7.01. The first kappa shape index (κ1) is 20.2. The number of hydrogen-bond acceptors (Lipinski definition) is 5. The zero-order valence-electron chi connectivity index (χ0n) is 16.6. The van der Waals surface area contributed by atoms with Crippen LogP contribution in [0.15, 0.2) is 66.0 Å². The highest BCUT2D eigenvalue weighted by Gasteiger charge is 2.31. The molecule has 0 aliphatic carbocycles. The van der Waals surface area contributed by atoms with Crippen molar-refractivity contribution in [2.75, 3.05) is 26.2 Å². The van der Waals surface area contributed by atoms with E-state index >= 15 is 0 Å². The molecule has 30 heavy (non-hydrogen) atoms. The molecule has 0 spiro atoms. The van der Waals surface area contributed by atoms with Crippen molar-refractivity contribution in [3.05, 3.63) is 72.2 Å². The Bertz CT molecular complexity index is 1200. The molecule has 1 aromatic carbocycles. The van der Waals surface area contributed by atoms with Crippen LogP contribution in [0.25, 0.3) is 17.0 Å². The smallest absolute Gasteiger partial charge is 0.246 e. The molecule has 7 nitrogen and oxygen atoms in total. The number of pyridine rings is 2. The van der Waals surface area contributed by atoms with Crippen LogP contribution in [0, 0.1) is 6.92 Å². The Balaban J connectivity index is 1.47. The maximum Gasteiger partial charge on any atom is 0.246 e. The van der Waals surface area contributed by atoms with Crippen LogP contribution in [0.5, 0.6) is 0 Å². The van der Waals surface area contributed by atoms with E-state index in [-0.39, 0.29) is 23.9 Å². The molecule has 0 N–H and O–H groups in total. The molecule has 0 saturated carbocycles. The van der Waals surface area contributed by atoms with Gasteiger partial charge in [-0.05, 0) is 42.3 Å². The highest BCUT2D eigenvalue weighted by molar-refractivity contribution is 7.89. The van der Waals surface area contributed by atoms with Gasteiger partial charge in [0.1, 0.15) is 4.90 Å². The molecule has 1 saturated heterocycles. The van der Waals surface area contributed by atoms with Crippen LogP contribution in [0.3, 0.4) is 0 Å². The van der Waals surface area contributed by atoms with Gasteiger partial charge in [-0.25, -0.2) is 8.42 Å². The van der Waals surface area contributed by atoms with Gasteiger partial charge >= 0.3 is 0 Å². The number of hydrogen-bond donors (Lipinski definition) is 0. The molecule has 2 aromatic heterocycles. The Morgan fingerprint density at radius 3 is 2.60 bits per heavy atom. The topological polar surface area (TPSA) is 83.5 Å². The predicted molar refractivity (Wildman–Crippen MR) is 115 cm³/mol. The van der Waals surface area contributed by atoms with E-state index in [9.17, 15) is 13.2 Å². The van der Waals surface area contributed by atoms with Crippen molar-refractivity contribution >= 4 is 32.9 Å². The quantitative estimate of drug-likeness (QED) is 0.603. The molecule has 0 unspecified atom stereocenters. The van der Waals surface area contributed by atoms with Gasteiger partial charge in [-0.2, -0.15) is 4.31 Å². The lowest BCUT2D eigenvalue weighted by atomic mass is 10.2. The van der Waals surface area contributed by atoms with Gasteiger partial charge in [-0.15, -0.1) is 0 Å². The highest BCUT2D eigenvalue weighted by Crippen LogP contribution is 2.25. The first-order valence-corrected chi connectivity index (χ1v) is 11.1. The number of aryl methyl sites for hydroxylation is 1. The van der Waals surface area contributed by atoms with Crippen molar-refractivity contribution in [2.45, 2.75) is 11.8 Å². The normalized spacial score (nSPS) is 15.7. The number of carbonyl (C=O) groups excluding carboxylic acids is 1. The summed E-state index contributed by atoms with van der Waals surface area (Å²) in [7, 11) is -3.70. The largest absolute Gasteiger partial charge is 0.337 e. The minimum Gasteiger partial charge on any atom is -0.337 e. The van der Waals surface area contributed by atoms with Crippen LogP contribution in [0.1, 0.15) is 11.1 Å². The lowest BCUT2D eigenvalue weighted by Crippen LogP contribution is -2.50. The van der Waals surface area contributed by atoms with Gasteiger partial charge in [0.25, 0.3) is 0 Å². The number of rotatable bonds is 4. The van der Waals surface area contributed by atoms with Gasteiger partial charge in [0.15, 0.2) is 0 Å². The second-order valence-electron chi connectivity index (χ2n) is 7.19. The number of para-hydroxylation sites is 1. The number of sulfonamides is 1. The van der Waals surface area contributed by atoms with Crippen molar-refractivity contribution in [1.82, 2.24) is 19.2 Å². The number of piperazine rings is 1. The number of nitrogens with zero attached hydrogens (tertiary/aromatic N) is 4. The Kier molecular flexibility index (Phi) is 5.61. The SMILES string of the molecule is Cc1cnc2c(S(=O)(=O)N3CCN(C(=O)/C=C/c4cccnc4)CC3)cccc2c1. The Morgan fingerprint density at radius 2 is 1.87 bits per heavy atom. The standard InChI is InChI=1S/C22H22N4O3S/c1-17-14-19-5-2-6-20(22(19)24-15-17)30(28,29)26-12-10-25(11-13-26)21(27)8-7-18-4-3-9-23-16-18/h2-9,14-16H,10-13H2,1H3/b8-7+. The fourth-order valence-corrected chi connectivity index (χ4v) is 5.07. The fourth-order valence-electron chi connectivity index (χ4n) is 3.49. The zero-order chi connectivity index (χ0) is 21.1. The summed E-state index contributed by atoms with van der Waals surface area (Å²) in [6.07, 6.45) is 8.23. The minimum atomic E-state index is -3.70. The molecule has 1 amide bonds. The van der Waals surface area contributed by atoms with Gasteiger partial charge in [0.05, 0.1) is 5.52 Å².